The Hall–Kier alpha value is -2.15. The fraction of sp³-hybridized carbons (Fsp3) is 0.556. The van der Waals surface area contributed by atoms with Gasteiger partial charge in [-0.25, -0.2) is 4.39 Å². The maximum Gasteiger partial charge on any atom is 0.236 e. The van der Waals surface area contributed by atoms with Crippen molar-refractivity contribution in [3.05, 3.63) is 30.1 Å². The van der Waals surface area contributed by atoms with E-state index in [9.17, 15) is 14.0 Å². The molecular formula is C18H25FN4O2. The summed E-state index contributed by atoms with van der Waals surface area (Å²) in [5, 5.41) is 0. The Morgan fingerprint density at radius 2 is 1.44 bits per heavy atom. The van der Waals surface area contributed by atoms with Crippen LogP contribution in [-0.4, -0.2) is 85.4 Å². The van der Waals surface area contributed by atoms with Gasteiger partial charge in [-0.2, -0.15) is 0 Å². The molecule has 0 aliphatic carbocycles. The van der Waals surface area contributed by atoms with Crippen molar-refractivity contribution in [3.63, 3.8) is 0 Å². The zero-order valence-electron chi connectivity index (χ0n) is 14.7. The Kier molecular flexibility index (Phi) is 5.53. The number of piperazine rings is 2. The highest BCUT2D eigenvalue weighted by molar-refractivity contribution is 5.78. The summed E-state index contributed by atoms with van der Waals surface area (Å²) in [7, 11) is 0. The quantitative estimate of drug-likeness (QED) is 0.804. The van der Waals surface area contributed by atoms with Crippen LogP contribution >= 0.6 is 0 Å². The van der Waals surface area contributed by atoms with Crippen molar-refractivity contribution in [2.75, 3.05) is 63.8 Å². The molecule has 0 unspecified atom stereocenters. The van der Waals surface area contributed by atoms with Crippen molar-refractivity contribution in [1.82, 2.24) is 14.7 Å². The van der Waals surface area contributed by atoms with E-state index < -0.39 is 0 Å². The number of carbonyl (C=O) groups excluding carboxylic acids is 2. The van der Waals surface area contributed by atoms with Crippen LogP contribution in [0.2, 0.25) is 0 Å². The lowest BCUT2D eigenvalue weighted by molar-refractivity contribution is -0.134. The lowest BCUT2D eigenvalue weighted by Gasteiger charge is -2.38. The van der Waals surface area contributed by atoms with Gasteiger partial charge >= 0.3 is 0 Å². The maximum absolute atomic E-state index is 13.0. The normalized spacial score (nSPS) is 19.2. The van der Waals surface area contributed by atoms with E-state index in [1.165, 1.54) is 12.1 Å². The van der Waals surface area contributed by atoms with Gasteiger partial charge in [-0.05, 0) is 24.3 Å². The Balaban J connectivity index is 1.44. The van der Waals surface area contributed by atoms with Gasteiger partial charge in [0.2, 0.25) is 11.8 Å². The minimum Gasteiger partial charge on any atom is -0.368 e. The van der Waals surface area contributed by atoms with Gasteiger partial charge in [-0.15, -0.1) is 0 Å². The van der Waals surface area contributed by atoms with Gasteiger partial charge in [0.15, 0.2) is 0 Å². The Labute approximate surface area is 147 Å². The van der Waals surface area contributed by atoms with Crippen molar-refractivity contribution in [1.29, 1.82) is 0 Å². The van der Waals surface area contributed by atoms with Crippen LogP contribution in [-0.2, 0) is 9.59 Å². The summed E-state index contributed by atoms with van der Waals surface area (Å²) >= 11 is 0. The minimum absolute atomic E-state index is 0.0999. The molecule has 2 aliphatic rings. The highest BCUT2D eigenvalue weighted by Gasteiger charge is 2.25. The number of benzene rings is 1. The molecule has 1 aromatic carbocycles. The summed E-state index contributed by atoms with van der Waals surface area (Å²) in [6, 6.07) is 6.49. The molecule has 0 aromatic heterocycles. The molecule has 2 heterocycles. The van der Waals surface area contributed by atoms with E-state index in [1.54, 1.807) is 19.1 Å². The van der Waals surface area contributed by atoms with Gasteiger partial charge in [0.05, 0.1) is 6.54 Å². The summed E-state index contributed by atoms with van der Waals surface area (Å²) in [5.41, 5.74) is 0.994. The summed E-state index contributed by atoms with van der Waals surface area (Å²) in [4.78, 5) is 31.9. The van der Waals surface area contributed by atoms with Gasteiger partial charge in [0, 0.05) is 65.0 Å². The van der Waals surface area contributed by atoms with E-state index in [0.29, 0.717) is 32.7 Å². The number of anilines is 1. The molecule has 0 spiro atoms. The molecule has 7 heteroatoms. The average Bonchev–Trinajstić information content (AvgIpc) is 2.63. The average molecular weight is 348 g/mol. The van der Waals surface area contributed by atoms with Crippen molar-refractivity contribution in [2.24, 2.45) is 0 Å². The molecule has 25 heavy (non-hydrogen) atoms. The van der Waals surface area contributed by atoms with Crippen LogP contribution < -0.4 is 4.90 Å². The molecule has 0 bridgehead atoms. The summed E-state index contributed by atoms with van der Waals surface area (Å²) < 4.78 is 13.0. The van der Waals surface area contributed by atoms with Crippen LogP contribution in [0, 0.1) is 5.82 Å². The second kappa shape index (κ2) is 7.82. The number of nitrogens with zero attached hydrogens (tertiary/aromatic N) is 4. The second-order valence-electron chi connectivity index (χ2n) is 6.63. The summed E-state index contributed by atoms with van der Waals surface area (Å²) in [6.07, 6.45) is 0. The molecule has 1 aromatic rings. The van der Waals surface area contributed by atoms with E-state index in [-0.39, 0.29) is 17.6 Å². The van der Waals surface area contributed by atoms with Crippen molar-refractivity contribution in [2.45, 2.75) is 6.92 Å². The van der Waals surface area contributed by atoms with Crippen LogP contribution in [0.15, 0.2) is 24.3 Å². The van der Waals surface area contributed by atoms with Gasteiger partial charge in [-0.3, -0.25) is 14.5 Å². The number of hydrogen-bond acceptors (Lipinski definition) is 4. The first-order chi connectivity index (χ1) is 12.0. The van der Waals surface area contributed by atoms with Crippen LogP contribution in [0.3, 0.4) is 0 Å². The monoisotopic (exact) mass is 348 g/mol. The molecule has 0 atom stereocenters. The van der Waals surface area contributed by atoms with Crippen LogP contribution in [0.5, 0.6) is 0 Å². The highest BCUT2D eigenvalue weighted by atomic mass is 19.1. The number of rotatable bonds is 3. The van der Waals surface area contributed by atoms with E-state index in [0.717, 1.165) is 31.9 Å². The summed E-state index contributed by atoms with van der Waals surface area (Å²) in [5.74, 6) is 0.0142. The number of carbonyl (C=O) groups is 2. The SMILES string of the molecule is CC(=O)N1CCN(CC(=O)N2CCN(c3ccc(F)cc3)CC2)CC1. The molecule has 2 aliphatic heterocycles. The zero-order valence-corrected chi connectivity index (χ0v) is 14.7. The molecule has 3 rings (SSSR count). The van der Waals surface area contributed by atoms with Gasteiger partial charge in [-0.1, -0.05) is 0 Å². The topological polar surface area (TPSA) is 47.1 Å². The molecule has 0 saturated carbocycles. The molecule has 2 saturated heterocycles. The second-order valence-corrected chi connectivity index (χ2v) is 6.63. The van der Waals surface area contributed by atoms with Crippen molar-refractivity contribution >= 4 is 17.5 Å². The van der Waals surface area contributed by atoms with Crippen LogP contribution in [0.25, 0.3) is 0 Å². The number of amides is 2. The van der Waals surface area contributed by atoms with Crippen molar-refractivity contribution in [3.8, 4) is 0 Å². The van der Waals surface area contributed by atoms with Crippen LogP contribution in [0.1, 0.15) is 6.92 Å². The number of halogens is 1. The highest BCUT2D eigenvalue weighted by Crippen LogP contribution is 2.17. The minimum atomic E-state index is -0.234. The van der Waals surface area contributed by atoms with Gasteiger partial charge < -0.3 is 14.7 Å². The first-order valence-electron chi connectivity index (χ1n) is 8.79. The fourth-order valence-electron chi connectivity index (χ4n) is 3.38. The van der Waals surface area contributed by atoms with Crippen molar-refractivity contribution < 1.29 is 14.0 Å². The molecular weight excluding hydrogens is 323 g/mol. The third-order valence-corrected chi connectivity index (χ3v) is 5.00. The lowest BCUT2D eigenvalue weighted by Crippen LogP contribution is -2.54. The molecule has 136 valence electrons. The zero-order chi connectivity index (χ0) is 17.8. The third-order valence-electron chi connectivity index (χ3n) is 5.00. The standard InChI is InChI=1S/C18H25FN4O2/c1-15(24)21-8-6-20(7-9-21)14-18(25)23-12-10-22(11-13-23)17-4-2-16(19)3-5-17/h2-5H,6-14H2,1H3. The predicted molar refractivity (Wildman–Crippen MR) is 93.9 cm³/mol. The van der Waals surface area contributed by atoms with E-state index in [1.807, 2.05) is 9.80 Å². The molecule has 2 fully saturated rings. The third kappa shape index (κ3) is 4.48. The summed E-state index contributed by atoms with van der Waals surface area (Å²) in [6.45, 7) is 7.78. The lowest BCUT2D eigenvalue weighted by atomic mass is 10.2. The predicted octanol–water partition coefficient (Wildman–Crippen LogP) is 0.638. The van der Waals surface area contributed by atoms with Gasteiger partial charge in [0.1, 0.15) is 5.82 Å². The maximum atomic E-state index is 13.0. The largest absolute Gasteiger partial charge is 0.368 e. The molecule has 0 radical (unpaired) electrons. The van der Waals surface area contributed by atoms with E-state index >= 15 is 0 Å². The first-order valence-corrected chi connectivity index (χ1v) is 8.79. The smallest absolute Gasteiger partial charge is 0.236 e. The Bertz CT molecular complexity index is 606. The number of hydrogen-bond donors (Lipinski definition) is 0. The molecule has 2 amide bonds. The molecule has 6 nitrogen and oxygen atoms in total. The van der Waals surface area contributed by atoms with E-state index in [4.69, 9.17) is 0 Å². The van der Waals surface area contributed by atoms with Gasteiger partial charge in [0.25, 0.3) is 0 Å². The fourth-order valence-corrected chi connectivity index (χ4v) is 3.38. The first kappa shape index (κ1) is 17.7. The van der Waals surface area contributed by atoms with E-state index in [2.05, 4.69) is 9.80 Å². The molecule has 0 N–H and O–H groups in total. The Morgan fingerprint density at radius 3 is 2.00 bits per heavy atom. The van der Waals surface area contributed by atoms with Crippen LogP contribution in [0.4, 0.5) is 10.1 Å². The Morgan fingerprint density at radius 1 is 0.880 bits per heavy atom.